The lowest BCUT2D eigenvalue weighted by molar-refractivity contribution is -0.184. The zero-order valence-corrected chi connectivity index (χ0v) is 17.4. The summed E-state index contributed by atoms with van der Waals surface area (Å²) in [5.41, 5.74) is -3.73. The van der Waals surface area contributed by atoms with Gasteiger partial charge in [-0.05, 0) is 75.7 Å². The van der Waals surface area contributed by atoms with Crippen molar-refractivity contribution in [2.24, 2.45) is 5.41 Å². The molecular weight excluding hydrogens is 324 g/mol. The summed E-state index contributed by atoms with van der Waals surface area (Å²) in [5.74, 6) is -1.90. The summed E-state index contributed by atoms with van der Waals surface area (Å²) in [6.45, 7) is 17.0. The van der Waals surface area contributed by atoms with E-state index in [2.05, 4.69) is 0 Å². The van der Waals surface area contributed by atoms with Crippen LogP contribution in [0.3, 0.4) is 0 Å². The maximum Gasteiger partial charge on any atom is 0.323 e. The first kappa shape index (κ1) is 23.4. The highest BCUT2D eigenvalue weighted by Crippen LogP contribution is 2.31. The molecule has 0 amide bonds. The van der Waals surface area contributed by atoms with Crippen LogP contribution in [0.2, 0.25) is 0 Å². The maximum atomic E-state index is 12.6. The van der Waals surface area contributed by atoms with E-state index in [9.17, 15) is 14.4 Å². The second kappa shape index (κ2) is 7.75. The van der Waals surface area contributed by atoms with Gasteiger partial charge < -0.3 is 14.2 Å². The SMILES string of the molecule is CC(C)(C)OC(=O)CCC(C)(C(=O)OC(C)(C)C)C(=O)OC(C)(C)C. The summed E-state index contributed by atoms with van der Waals surface area (Å²) in [5, 5.41) is 0. The van der Waals surface area contributed by atoms with Crippen molar-refractivity contribution in [3.63, 3.8) is 0 Å². The molecule has 0 saturated heterocycles. The van der Waals surface area contributed by atoms with Crippen LogP contribution >= 0.6 is 0 Å². The number of hydrogen-bond acceptors (Lipinski definition) is 6. The number of rotatable bonds is 5. The second-order valence-electron chi connectivity index (χ2n) is 9.42. The maximum absolute atomic E-state index is 12.6. The second-order valence-corrected chi connectivity index (χ2v) is 9.42. The Bertz CT molecular complexity index is 471. The first-order chi connectivity index (χ1) is 10.9. The van der Waals surface area contributed by atoms with Gasteiger partial charge in [0.2, 0.25) is 0 Å². The van der Waals surface area contributed by atoms with Crippen molar-refractivity contribution in [1.29, 1.82) is 0 Å². The van der Waals surface area contributed by atoms with Crippen LogP contribution in [-0.2, 0) is 28.6 Å². The van der Waals surface area contributed by atoms with Crippen LogP contribution in [-0.4, -0.2) is 34.7 Å². The lowest BCUT2D eigenvalue weighted by atomic mass is 9.85. The first-order valence-corrected chi connectivity index (χ1v) is 8.54. The largest absolute Gasteiger partial charge is 0.460 e. The highest BCUT2D eigenvalue weighted by molar-refractivity contribution is 6.00. The Morgan fingerprint density at radius 2 is 0.920 bits per heavy atom. The Labute approximate surface area is 151 Å². The fraction of sp³-hybridized carbons (Fsp3) is 0.842. The van der Waals surface area contributed by atoms with Gasteiger partial charge in [-0.25, -0.2) is 0 Å². The van der Waals surface area contributed by atoms with Gasteiger partial charge in [0, 0.05) is 6.42 Å². The molecular formula is C19H34O6. The molecule has 0 aromatic rings. The van der Waals surface area contributed by atoms with E-state index in [-0.39, 0.29) is 12.8 Å². The standard InChI is InChI=1S/C19H34O6/c1-16(2,3)23-13(20)11-12-19(10,14(21)24-17(4,5)6)15(22)25-18(7,8)9/h11-12H2,1-10H3. The molecule has 6 nitrogen and oxygen atoms in total. The highest BCUT2D eigenvalue weighted by atomic mass is 16.6. The predicted molar refractivity (Wildman–Crippen MR) is 94.9 cm³/mol. The monoisotopic (exact) mass is 358 g/mol. The molecule has 0 spiro atoms. The van der Waals surface area contributed by atoms with Crippen LogP contribution in [0.25, 0.3) is 0 Å². The number of carbonyl (C=O) groups excluding carboxylic acids is 3. The van der Waals surface area contributed by atoms with Gasteiger partial charge in [-0.3, -0.25) is 14.4 Å². The molecule has 0 rings (SSSR count). The third-order valence-electron chi connectivity index (χ3n) is 2.95. The van der Waals surface area contributed by atoms with E-state index >= 15 is 0 Å². The molecule has 146 valence electrons. The van der Waals surface area contributed by atoms with Crippen LogP contribution in [0.1, 0.15) is 82.1 Å². The lowest BCUT2D eigenvalue weighted by Crippen LogP contribution is -2.45. The van der Waals surface area contributed by atoms with E-state index in [0.717, 1.165) is 0 Å². The van der Waals surface area contributed by atoms with Crippen LogP contribution < -0.4 is 0 Å². The topological polar surface area (TPSA) is 78.9 Å². The van der Waals surface area contributed by atoms with Crippen molar-refractivity contribution in [2.75, 3.05) is 0 Å². The van der Waals surface area contributed by atoms with Gasteiger partial charge in [-0.15, -0.1) is 0 Å². The molecule has 0 N–H and O–H groups in total. The van der Waals surface area contributed by atoms with Crippen molar-refractivity contribution in [1.82, 2.24) is 0 Å². The van der Waals surface area contributed by atoms with E-state index in [1.807, 2.05) is 0 Å². The van der Waals surface area contributed by atoms with Gasteiger partial charge in [0.25, 0.3) is 0 Å². The Morgan fingerprint density at radius 3 is 1.20 bits per heavy atom. The molecule has 6 heteroatoms. The summed E-state index contributed by atoms with van der Waals surface area (Å²) in [6, 6.07) is 0. The van der Waals surface area contributed by atoms with Crippen LogP contribution in [0.15, 0.2) is 0 Å². The molecule has 25 heavy (non-hydrogen) atoms. The number of ether oxygens (including phenoxy) is 3. The van der Waals surface area contributed by atoms with Crippen molar-refractivity contribution in [3.8, 4) is 0 Å². The van der Waals surface area contributed by atoms with Gasteiger partial charge in [0.1, 0.15) is 16.8 Å². The third-order valence-corrected chi connectivity index (χ3v) is 2.95. The molecule has 0 bridgehead atoms. The molecule has 0 aliphatic rings. The quantitative estimate of drug-likeness (QED) is 0.422. The number of esters is 3. The average Bonchev–Trinajstić information content (AvgIpc) is 2.29. The van der Waals surface area contributed by atoms with Crippen molar-refractivity contribution in [3.05, 3.63) is 0 Å². The molecule has 0 aliphatic carbocycles. The summed E-state index contributed by atoms with van der Waals surface area (Å²) in [7, 11) is 0. The van der Waals surface area contributed by atoms with E-state index in [1.165, 1.54) is 6.92 Å². The molecule has 0 radical (unpaired) electrons. The van der Waals surface area contributed by atoms with Gasteiger partial charge in [0.15, 0.2) is 5.41 Å². The van der Waals surface area contributed by atoms with E-state index in [0.29, 0.717) is 0 Å². The number of carbonyl (C=O) groups is 3. The Balaban J connectivity index is 5.36. The Hall–Kier alpha value is -1.59. The normalized spacial score (nSPS) is 13.2. The van der Waals surface area contributed by atoms with Crippen LogP contribution in [0.4, 0.5) is 0 Å². The average molecular weight is 358 g/mol. The molecule has 0 fully saturated rings. The van der Waals surface area contributed by atoms with Crippen molar-refractivity contribution in [2.45, 2.75) is 98.9 Å². The zero-order chi connectivity index (χ0) is 20.3. The summed E-state index contributed by atoms with van der Waals surface area (Å²) >= 11 is 0. The Kier molecular flexibility index (Phi) is 7.26. The van der Waals surface area contributed by atoms with Gasteiger partial charge in [-0.1, -0.05) is 0 Å². The highest BCUT2D eigenvalue weighted by Gasteiger charge is 2.47. The van der Waals surface area contributed by atoms with Crippen molar-refractivity contribution < 1.29 is 28.6 Å². The van der Waals surface area contributed by atoms with Gasteiger partial charge >= 0.3 is 17.9 Å². The smallest absolute Gasteiger partial charge is 0.323 e. The summed E-state index contributed by atoms with van der Waals surface area (Å²) in [4.78, 5) is 37.3. The van der Waals surface area contributed by atoms with Crippen LogP contribution in [0, 0.1) is 5.41 Å². The van der Waals surface area contributed by atoms with Crippen LogP contribution in [0.5, 0.6) is 0 Å². The van der Waals surface area contributed by atoms with E-state index in [1.54, 1.807) is 62.3 Å². The minimum Gasteiger partial charge on any atom is -0.460 e. The predicted octanol–water partition coefficient (Wildman–Crippen LogP) is 3.80. The Morgan fingerprint density at radius 1 is 0.600 bits per heavy atom. The number of hydrogen-bond donors (Lipinski definition) is 0. The molecule has 0 aromatic heterocycles. The fourth-order valence-corrected chi connectivity index (χ4v) is 1.81. The summed E-state index contributed by atoms with van der Waals surface area (Å²) in [6.07, 6.45) is -0.141. The molecule has 0 atom stereocenters. The fourth-order valence-electron chi connectivity index (χ4n) is 1.81. The zero-order valence-electron chi connectivity index (χ0n) is 17.4. The van der Waals surface area contributed by atoms with Gasteiger partial charge in [0.05, 0.1) is 0 Å². The summed E-state index contributed by atoms with van der Waals surface area (Å²) < 4.78 is 16.0. The lowest BCUT2D eigenvalue weighted by Gasteiger charge is -2.32. The molecule has 0 heterocycles. The third kappa shape index (κ3) is 9.46. The molecule has 0 aromatic carbocycles. The van der Waals surface area contributed by atoms with Gasteiger partial charge in [-0.2, -0.15) is 0 Å². The molecule has 0 unspecified atom stereocenters. The minimum atomic E-state index is -1.59. The van der Waals surface area contributed by atoms with E-state index < -0.39 is 40.1 Å². The first-order valence-electron chi connectivity index (χ1n) is 8.54. The molecule has 0 aliphatic heterocycles. The minimum absolute atomic E-state index is 0.0499. The van der Waals surface area contributed by atoms with E-state index in [4.69, 9.17) is 14.2 Å². The molecule has 0 saturated carbocycles. The van der Waals surface area contributed by atoms with Crippen molar-refractivity contribution >= 4 is 17.9 Å².